The lowest BCUT2D eigenvalue weighted by molar-refractivity contribution is 0.554. The molecule has 1 aromatic carbocycles. The Morgan fingerprint density at radius 3 is 2.08 bits per heavy atom. The summed E-state index contributed by atoms with van der Waals surface area (Å²) in [6.45, 7) is 6.25. The number of aryl methyl sites for hydroxylation is 1. The molecule has 2 N–H and O–H groups in total. The minimum absolute atomic E-state index is 0.218. The molecule has 0 heterocycles. The Balaban J connectivity index is 2.81. The van der Waals surface area contributed by atoms with Gasteiger partial charge in [0.25, 0.3) is 0 Å². The topological polar surface area (TPSA) is 26.0 Å². The van der Waals surface area contributed by atoms with E-state index >= 15 is 0 Å². The molecule has 0 bridgehead atoms. The molecule has 0 aromatic heterocycles. The molecular formula is C12H19N. The van der Waals surface area contributed by atoms with E-state index < -0.39 is 0 Å². The SMILES string of the molecule is CCCc1ccc(C(C)(C)N)cc1. The number of rotatable bonds is 3. The summed E-state index contributed by atoms with van der Waals surface area (Å²) >= 11 is 0. The number of benzene rings is 1. The Bertz CT molecular complexity index is 253. The van der Waals surface area contributed by atoms with Crippen LogP contribution in [0.3, 0.4) is 0 Å². The highest BCUT2D eigenvalue weighted by Crippen LogP contribution is 2.17. The van der Waals surface area contributed by atoms with E-state index in [1.807, 2.05) is 13.8 Å². The van der Waals surface area contributed by atoms with E-state index in [4.69, 9.17) is 5.73 Å². The zero-order valence-electron chi connectivity index (χ0n) is 8.80. The van der Waals surface area contributed by atoms with Crippen LogP contribution in [0.4, 0.5) is 0 Å². The molecule has 1 heteroatoms. The van der Waals surface area contributed by atoms with Gasteiger partial charge in [0.2, 0.25) is 0 Å². The minimum atomic E-state index is -0.218. The van der Waals surface area contributed by atoms with Gasteiger partial charge in [0.15, 0.2) is 0 Å². The molecule has 0 saturated carbocycles. The molecule has 0 aliphatic carbocycles. The molecule has 0 amide bonds. The van der Waals surface area contributed by atoms with Gasteiger partial charge in [-0.15, -0.1) is 0 Å². The lowest BCUT2D eigenvalue weighted by atomic mass is 9.94. The molecular weight excluding hydrogens is 158 g/mol. The Kier molecular flexibility index (Phi) is 3.10. The van der Waals surface area contributed by atoms with Gasteiger partial charge in [0.1, 0.15) is 0 Å². The molecule has 72 valence electrons. The maximum Gasteiger partial charge on any atom is 0.0352 e. The van der Waals surface area contributed by atoms with E-state index in [1.54, 1.807) is 0 Å². The van der Waals surface area contributed by atoms with Crippen LogP contribution >= 0.6 is 0 Å². The second-order valence-corrected chi connectivity index (χ2v) is 4.17. The van der Waals surface area contributed by atoms with Gasteiger partial charge in [-0.3, -0.25) is 0 Å². The van der Waals surface area contributed by atoms with Gasteiger partial charge < -0.3 is 5.73 Å². The van der Waals surface area contributed by atoms with Crippen molar-refractivity contribution in [3.63, 3.8) is 0 Å². The van der Waals surface area contributed by atoms with Gasteiger partial charge in [-0.1, -0.05) is 37.6 Å². The van der Waals surface area contributed by atoms with Crippen LogP contribution in [0.15, 0.2) is 24.3 Å². The van der Waals surface area contributed by atoms with E-state index in [9.17, 15) is 0 Å². The van der Waals surface area contributed by atoms with Crippen LogP contribution in [0, 0.1) is 0 Å². The summed E-state index contributed by atoms with van der Waals surface area (Å²) in [7, 11) is 0. The van der Waals surface area contributed by atoms with Crippen LogP contribution in [0.5, 0.6) is 0 Å². The Hall–Kier alpha value is -0.820. The zero-order chi connectivity index (χ0) is 9.90. The van der Waals surface area contributed by atoms with Crippen molar-refractivity contribution in [3.8, 4) is 0 Å². The average molecular weight is 177 g/mol. The minimum Gasteiger partial charge on any atom is -0.322 e. The highest BCUT2D eigenvalue weighted by molar-refractivity contribution is 5.27. The second kappa shape index (κ2) is 3.93. The van der Waals surface area contributed by atoms with E-state index in [-0.39, 0.29) is 5.54 Å². The van der Waals surface area contributed by atoms with Crippen molar-refractivity contribution in [2.75, 3.05) is 0 Å². The van der Waals surface area contributed by atoms with Crippen LogP contribution in [0.25, 0.3) is 0 Å². The Labute approximate surface area is 81.0 Å². The first-order chi connectivity index (χ1) is 6.04. The molecule has 0 unspecified atom stereocenters. The monoisotopic (exact) mass is 177 g/mol. The van der Waals surface area contributed by atoms with Crippen LogP contribution < -0.4 is 5.73 Å². The third-order valence-corrected chi connectivity index (χ3v) is 2.24. The van der Waals surface area contributed by atoms with Crippen molar-refractivity contribution in [2.24, 2.45) is 5.73 Å². The van der Waals surface area contributed by atoms with Gasteiger partial charge in [-0.25, -0.2) is 0 Å². The summed E-state index contributed by atoms with van der Waals surface area (Å²) in [5.74, 6) is 0. The second-order valence-electron chi connectivity index (χ2n) is 4.17. The van der Waals surface area contributed by atoms with Crippen molar-refractivity contribution in [3.05, 3.63) is 35.4 Å². The number of hydrogen-bond donors (Lipinski definition) is 1. The summed E-state index contributed by atoms with van der Waals surface area (Å²) in [5, 5.41) is 0. The standard InChI is InChI=1S/C12H19N/c1-4-5-10-6-8-11(9-7-10)12(2,3)13/h6-9H,4-5,13H2,1-3H3. The molecule has 0 atom stereocenters. The molecule has 1 aromatic rings. The highest BCUT2D eigenvalue weighted by atomic mass is 14.7. The van der Waals surface area contributed by atoms with Crippen LogP contribution in [0.2, 0.25) is 0 Å². The van der Waals surface area contributed by atoms with Gasteiger partial charge in [-0.2, -0.15) is 0 Å². The van der Waals surface area contributed by atoms with Crippen LogP contribution in [-0.4, -0.2) is 0 Å². The normalized spacial score (nSPS) is 11.7. The van der Waals surface area contributed by atoms with Crippen molar-refractivity contribution in [1.29, 1.82) is 0 Å². The molecule has 13 heavy (non-hydrogen) atoms. The van der Waals surface area contributed by atoms with E-state index in [1.165, 1.54) is 17.5 Å². The molecule has 0 aliphatic heterocycles. The van der Waals surface area contributed by atoms with E-state index in [0.717, 1.165) is 6.42 Å². The fourth-order valence-electron chi connectivity index (χ4n) is 1.39. The third kappa shape index (κ3) is 2.85. The van der Waals surface area contributed by atoms with E-state index in [2.05, 4.69) is 31.2 Å². The Morgan fingerprint density at radius 1 is 1.15 bits per heavy atom. The van der Waals surface area contributed by atoms with Crippen molar-refractivity contribution < 1.29 is 0 Å². The molecule has 0 fully saturated rings. The molecule has 0 saturated heterocycles. The lowest BCUT2D eigenvalue weighted by Gasteiger charge is -2.19. The van der Waals surface area contributed by atoms with Crippen molar-refractivity contribution >= 4 is 0 Å². The van der Waals surface area contributed by atoms with Gasteiger partial charge in [0.05, 0.1) is 0 Å². The van der Waals surface area contributed by atoms with Gasteiger partial charge >= 0.3 is 0 Å². The highest BCUT2D eigenvalue weighted by Gasteiger charge is 2.12. The smallest absolute Gasteiger partial charge is 0.0352 e. The fraction of sp³-hybridized carbons (Fsp3) is 0.500. The Morgan fingerprint density at radius 2 is 1.69 bits per heavy atom. The quantitative estimate of drug-likeness (QED) is 0.755. The molecule has 1 nitrogen and oxygen atoms in total. The zero-order valence-corrected chi connectivity index (χ0v) is 8.80. The predicted molar refractivity (Wildman–Crippen MR) is 57.7 cm³/mol. The average Bonchev–Trinajstić information content (AvgIpc) is 2.04. The first-order valence-corrected chi connectivity index (χ1v) is 4.92. The lowest BCUT2D eigenvalue weighted by Crippen LogP contribution is -2.28. The number of nitrogens with two attached hydrogens (primary N) is 1. The summed E-state index contributed by atoms with van der Waals surface area (Å²) in [4.78, 5) is 0. The first kappa shape index (κ1) is 10.3. The molecule has 0 aliphatic rings. The summed E-state index contributed by atoms with van der Waals surface area (Å²) in [6, 6.07) is 8.61. The van der Waals surface area contributed by atoms with Crippen LogP contribution in [-0.2, 0) is 12.0 Å². The third-order valence-electron chi connectivity index (χ3n) is 2.24. The maximum atomic E-state index is 5.98. The number of hydrogen-bond acceptors (Lipinski definition) is 1. The molecule has 0 spiro atoms. The molecule has 1 rings (SSSR count). The summed E-state index contributed by atoms with van der Waals surface area (Å²) in [5.41, 5.74) is 8.36. The largest absolute Gasteiger partial charge is 0.322 e. The van der Waals surface area contributed by atoms with Crippen LogP contribution in [0.1, 0.15) is 38.3 Å². The predicted octanol–water partition coefficient (Wildman–Crippen LogP) is 2.83. The van der Waals surface area contributed by atoms with Gasteiger partial charge in [-0.05, 0) is 31.4 Å². The maximum absolute atomic E-state index is 5.98. The van der Waals surface area contributed by atoms with Gasteiger partial charge in [0, 0.05) is 5.54 Å². The van der Waals surface area contributed by atoms with E-state index in [0.29, 0.717) is 0 Å². The van der Waals surface area contributed by atoms with Crippen molar-refractivity contribution in [1.82, 2.24) is 0 Å². The summed E-state index contributed by atoms with van der Waals surface area (Å²) in [6.07, 6.45) is 2.36. The van der Waals surface area contributed by atoms with Crippen molar-refractivity contribution in [2.45, 2.75) is 39.2 Å². The molecule has 0 radical (unpaired) electrons. The first-order valence-electron chi connectivity index (χ1n) is 4.92. The summed E-state index contributed by atoms with van der Waals surface area (Å²) < 4.78 is 0. The fourth-order valence-corrected chi connectivity index (χ4v) is 1.39.